The van der Waals surface area contributed by atoms with Crippen LogP contribution < -0.4 is 5.32 Å². The van der Waals surface area contributed by atoms with Gasteiger partial charge in [-0.05, 0) is 31.0 Å². The van der Waals surface area contributed by atoms with Gasteiger partial charge in [-0.25, -0.2) is 0 Å². The van der Waals surface area contributed by atoms with Gasteiger partial charge in [-0.1, -0.05) is 24.6 Å². The Morgan fingerprint density at radius 2 is 2.18 bits per heavy atom. The van der Waals surface area contributed by atoms with Crippen LogP contribution in [0.15, 0.2) is 35.4 Å². The Bertz CT molecular complexity index is 666. The normalized spacial score (nSPS) is 13.8. The fourth-order valence-corrected chi connectivity index (χ4v) is 3.10. The van der Waals surface area contributed by atoms with Gasteiger partial charge in [-0.15, -0.1) is 11.8 Å². The summed E-state index contributed by atoms with van der Waals surface area (Å²) < 4.78 is 0. The minimum Gasteiger partial charge on any atom is -0.396 e. The molecular formula is C16H19ClN2O2S. The lowest BCUT2D eigenvalue weighted by molar-refractivity contribution is -0.120. The van der Waals surface area contributed by atoms with Crippen LogP contribution in [0.25, 0.3) is 10.9 Å². The first-order valence-electron chi connectivity index (χ1n) is 7.10. The van der Waals surface area contributed by atoms with Crippen molar-refractivity contribution in [1.29, 1.82) is 0 Å². The first-order chi connectivity index (χ1) is 10.5. The number of amides is 1. The molecule has 0 radical (unpaired) electrons. The van der Waals surface area contributed by atoms with Gasteiger partial charge in [0.25, 0.3) is 0 Å². The molecule has 22 heavy (non-hydrogen) atoms. The van der Waals surface area contributed by atoms with Gasteiger partial charge in [0.05, 0.1) is 10.8 Å². The molecule has 2 aromatic rings. The van der Waals surface area contributed by atoms with Crippen LogP contribution in [-0.4, -0.2) is 34.4 Å². The van der Waals surface area contributed by atoms with E-state index in [-0.39, 0.29) is 23.7 Å². The molecule has 2 atom stereocenters. The fraction of sp³-hybridized carbons (Fsp3) is 0.375. The lowest BCUT2D eigenvalue weighted by Crippen LogP contribution is -2.34. The maximum absolute atomic E-state index is 12.1. The molecule has 0 aliphatic heterocycles. The van der Waals surface area contributed by atoms with Crippen molar-refractivity contribution in [2.24, 2.45) is 5.92 Å². The van der Waals surface area contributed by atoms with Crippen LogP contribution in [0.4, 0.5) is 0 Å². The second-order valence-corrected chi connectivity index (χ2v) is 7.08. The van der Waals surface area contributed by atoms with Gasteiger partial charge >= 0.3 is 0 Å². The molecule has 4 nitrogen and oxygen atoms in total. The number of aliphatic hydroxyl groups excluding tert-OH is 1. The third-order valence-electron chi connectivity index (χ3n) is 3.27. The van der Waals surface area contributed by atoms with Crippen LogP contribution in [0.3, 0.4) is 0 Å². The Balaban J connectivity index is 2.08. The third kappa shape index (κ3) is 4.35. The van der Waals surface area contributed by atoms with E-state index < -0.39 is 0 Å². The number of rotatable bonds is 6. The highest BCUT2D eigenvalue weighted by Gasteiger charge is 2.16. The molecule has 0 aliphatic rings. The smallest absolute Gasteiger partial charge is 0.233 e. The standard InChI is InChI=1S/C16H19ClN2O2S/c1-10(9-20)8-19-16(21)11(2)22-15-5-6-18-14-7-12(17)3-4-13(14)15/h3-7,10-11,20H,8-9H2,1-2H3,(H,19,21). The van der Waals surface area contributed by atoms with Gasteiger partial charge in [0.1, 0.15) is 0 Å². The van der Waals surface area contributed by atoms with E-state index in [0.29, 0.717) is 11.6 Å². The molecule has 0 saturated heterocycles. The summed E-state index contributed by atoms with van der Waals surface area (Å²) in [7, 11) is 0. The van der Waals surface area contributed by atoms with E-state index in [2.05, 4.69) is 10.3 Å². The van der Waals surface area contributed by atoms with Gasteiger partial charge in [-0.3, -0.25) is 9.78 Å². The summed E-state index contributed by atoms with van der Waals surface area (Å²) >= 11 is 7.47. The highest BCUT2D eigenvalue weighted by Crippen LogP contribution is 2.31. The zero-order valence-electron chi connectivity index (χ0n) is 12.5. The summed E-state index contributed by atoms with van der Waals surface area (Å²) in [6.45, 7) is 4.30. The quantitative estimate of drug-likeness (QED) is 0.794. The molecule has 0 saturated carbocycles. The van der Waals surface area contributed by atoms with Crippen molar-refractivity contribution in [1.82, 2.24) is 10.3 Å². The van der Waals surface area contributed by atoms with E-state index in [4.69, 9.17) is 16.7 Å². The molecular weight excluding hydrogens is 320 g/mol. The van der Waals surface area contributed by atoms with E-state index in [9.17, 15) is 4.79 Å². The number of hydrogen-bond donors (Lipinski definition) is 2. The Kier molecular flexibility index (Phi) is 6.06. The molecule has 1 aromatic carbocycles. The molecule has 0 bridgehead atoms. The number of thioether (sulfide) groups is 1. The summed E-state index contributed by atoms with van der Waals surface area (Å²) in [5.74, 6) is 0.0225. The third-order valence-corrected chi connectivity index (χ3v) is 4.69. The highest BCUT2D eigenvalue weighted by atomic mass is 35.5. The number of benzene rings is 1. The van der Waals surface area contributed by atoms with Crippen molar-refractivity contribution in [2.45, 2.75) is 24.0 Å². The number of aliphatic hydroxyl groups is 1. The Morgan fingerprint density at radius 1 is 1.41 bits per heavy atom. The number of carbonyl (C=O) groups is 1. The SMILES string of the molecule is CC(CO)CNC(=O)C(C)Sc1ccnc2cc(Cl)ccc12. The van der Waals surface area contributed by atoms with Crippen molar-refractivity contribution < 1.29 is 9.90 Å². The molecule has 1 heterocycles. The van der Waals surface area contributed by atoms with Crippen LogP contribution in [0.2, 0.25) is 5.02 Å². The zero-order valence-corrected chi connectivity index (χ0v) is 14.1. The summed E-state index contributed by atoms with van der Waals surface area (Å²) in [5, 5.41) is 13.2. The molecule has 1 amide bonds. The number of hydrogen-bond acceptors (Lipinski definition) is 4. The number of halogens is 1. The van der Waals surface area contributed by atoms with Crippen LogP contribution >= 0.6 is 23.4 Å². The maximum Gasteiger partial charge on any atom is 0.233 e. The van der Waals surface area contributed by atoms with Gasteiger partial charge in [0, 0.05) is 34.7 Å². The van der Waals surface area contributed by atoms with Crippen LogP contribution in [0.1, 0.15) is 13.8 Å². The largest absolute Gasteiger partial charge is 0.396 e. The van der Waals surface area contributed by atoms with Crippen LogP contribution in [0.5, 0.6) is 0 Å². The molecule has 0 spiro atoms. The van der Waals surface area contributed by atoms with Gasteiger partial charge in [-0.2, -0.15) is 0 Å². The van der Waals surface area contributed by atoms with Gasteiger partial charge in [0.2, 0.25) is 5.91 Å². The van der Waals surface area contributed by atoms with E-state index in [1.165, 1.54) is 11.8 Å². The van der Waals surface area contributed by atoms with Crippen molar-refractivity contribution in [3.05, 3.63) is 35.5 Å². The summed E-state index contributed by atoms with van der Waals surface area (Å²) in [6.07, 6.45) is 1.72. The second-order valence-electron chi connectivity index (χ2n) is 5.26. The molecule has 2 unspecified atom stereocenters. The summed E-state index contributed by atoms with van der Waals surface area (Å²) in [4.78, 5) is 17.4. The molecule has 118 valence electrons. The van der Waals surface area contributed by atoms with Crippen LogP contribution in [-0.2, 0) is 4.79 Å². The Hall–Kier alpha value is -1.30. The lowest BCUT2D eigenvalue weighted by Gasteiger charge is -2.15. The lowest BCUT2D eigenvalue weighted by atomic mass is 10.2. The van der Waals surface area contributed by atoms with Crippen molar-refractivity contribution in [2.75, 3.05) is 13.2 Å². The average Bonchev–Trinajstić information content (AvgIpc) is 2.51. The summed E-state index contributed by atoms with van der Waals surface area (Å²) in [5.41, 5.74) is 0.819. The van der Waals surface area contributed by atoms with Crippen molar-refractivity contribution >= 4 is 40.2 Å². The molecule has 6 heteroatoms. The Labute approximate surface area is 139 Å². The van der Waals surface area contributed by atoms with Gasteiger partial charge < -0.3 is 10.4 Å². The monoisotopic (exact) mass is 338 g/mol. The topological polar surface area (TPSA) is 62.2 Å². The first-order valence-corrected chi connectivity index (χ1v) is 8.36. The molecule has 2 N–H and O–H groups in total. The molecule has 0 aliphatic carbocycles. The van der Waals surface area contributed by atoms with Crippen molar-refractivity contribution in [3.8, 4) is 0 Å². The molecule has 0 fully saturated rings. The molecule has 2 rings (SSSR count). The predicted octanol–water partition coefficient (Wildman–Crippen LogP) is 3.11. The minimum atomic E-state index is -0.229. The van der Waals surface area contributed by atoms with Crippen molar-refractivity contribution in [3.63, 3.8) is 0 Å². The van der Waals surface area contributed by atoms with E-state index in [1.807, 2.05) is 38.1 Å². The molecule has 1 aromatic heterocycles. The summed E-state index contributed by atoms with van der Waals surface area (Å²) in [6, 6.07) is 7.46. The minimum absolute atomic E-state index is 0.0378. The predicted molar refractivity (Wildman–Crippen MR) is 91.3 cm³/mol. The number of pyridine rings is 1. The highest BCUT2D eigenvalue weighted by molar-refractivity contribution is 8.00. The van der Waals surface area contributed by atoms with E-state index >= 15 is 0 Å². The second kappa shape index (κ2) is 7.81. The fourth-order valence-electron chi connectivity index (χ4n) is 1.92. The van der Waals surface area contributed by atoms with Gasteiger partial charge in [0.15, 0.2) is 0 Å². The number of aromatic nitrogens is 1. The van der Waals surface area contributed by atoms with Crippen LogP contribution in [0, 0.1) is 5.92 Å². The number of nitrogens with one attached hydrogen (secondary N) is 1. The average molecular weight is 339 g/mol. The number of carbonyl (C=O) groups excluding carboxylic acids is 1. The van der Waals surface area contributed by atoms with E-state index in [0.717, 1.165) is 15.8 Å². The number of nitrogens with zero attached hydrogens (tertiary/aromatic N) is 1. The first kappa shape index (κ1) is 17.1. The zero-order chi connectivity index (χ0) is 16.1. The van der Waals surface area contributed by atoms with E-state index in [1.54, 1.807) is 6.20 Å². The maximum atomic E-state index is 12.1. The Morgan fingerprint density at radius 3 is 2.91 bits per heavy atom. The number of fused-ring (bicyclic) bond motifs is 1.